The van der Waals surface area contributed by atoms with Gasteiger partial charge >= 0.3 is 0 Å². The lowest BCUT2D eigenvalue weighted by Crippen LogP contribution is -2.15. The van der Waals surface area contributed by atoms with Crippen molar-refractivity contribution in [1.82, 2.24) is 4.98 Å². The van der Waals surface area contributed by atoms with Crippen molar-refractivity contribution < 1.29 is 5.21 Å². The maximum absolute atomic E-state index is 8.65. The minimum absolute atomic E-state index is 0.00477. The lowest BCUT2D eigenvalue weighted by atomic mass is 10.2. The third-order valence-corrected chi connectivity index (χ3v) is 3.19. The fourth-order valence-electron chi connectivity index (χ4n) is 1.82. The van der Waals surface area contributed by atoms with Crippen molar-refractivity contribution in [1.29, 1.82) is 0 Å². The van der Waals surface area contributed by atoms with Crippen LogP contribution in [0.5, 0.6) is 0 Å². The van der Waals surface area contributed by atoms with Gasteiger partial charge in [-0.3, -0.25) is 4.98 Å². The topological polar surface area (TPSA) is 83.5 Å². The van der Waals surface area contributed by atoms with Gasteiger partial charge in [-0.2, -0.15) is 0 Å². The Labute approximate surface area is 125 Å². The van der Waals surface area contributed by atoms with Crippen LogP contribution in [-0.4, -0.2) is 16.0 Å². The van der Waals surface area contributed by atoms with Crippen LogP contribution in [0.15, 0.2) is 46.2 Å². The third kappa shape index (κ3) is 3.71. The van der Waals surface area contributed by atoms with Gasteiger partial charge in [0, 0.05) is 22.9 Å². The van der Waals surface area contributed by atoms with Gasteiger partial charge in [0.1, 0.15) is 5.69 Å². The molecule has 0 aliphatic carbocycles. The standard InChI is InChI=1S/C14H15BrN4O/c1-9-4-11(15)7-12(5-9)18-8-10-2-3-17-13(6-10)14(16)19-20/h2-7,18,20H,8H2,1H3,(H2,16,19). The van der Waals surface area contributed by atoms with Crippen LogP contribution in [0.1, 0.15) is 16.8 Å². The number of anilines is 1. The number of nitrogens with one attached hydrogen (secondary N) is 1. The number of hydrogen-bond donors (Lipinski definition) is 3. The summed E-state index contributed by atoms with van der Waals surface area (Å²) in [4.78, 5) is 4.04. The molecule has 20 heavy (non-hydrogen) atoms. The first kappa shape index (κ1) is 14.3. The van der Waals surface area contributed by atoms with E-state index in [-0.39, 0.29) is 5.84 Å². The normalized spacial score (nSPS) is 11.4. The molecule has 5 nitrogen and oxygen atoms in total. The zero-order valence-electron chi connectivity index (χ0n) is 11.0. The van der Waals surface area contributed by atoms with Gasteiger partial charge < -0.3 is 16.3 Å². The van der Waals surface area contributed by atoms with Crippen molar-refractivity contribution in [2.24, 2.45) is 10.9 Å². The van der Waals surface area contributed by atoms with E-state index < -0.39 is 0 Å². The van der Waals surface area contributed by atoms with Gasteiger partial charge in [-0.1, -0.05) is 21.1 Å². The number of oxime groups is 1. The van der Waals surface area contributed by atoms with Crippen molar-refractivity contribution in [3.8, 4) is 0 Å². The Kier molecular flexibility index (Phi) is 4.57. The highest BCUT2D eigenvalue weighted by molar-refractivity contribution is 9.10. The number of halogens is 1. The minimum Gasteiger partial charge on any atom is -0.409 e. The summed E-state index contributed by atoms with van der Waals surface area (Å²) in [6.45, 7) is 2.67. The second kappa shape index (κ2) is 6.38. The van der Waals surface area contributed by atoms with Gasteiger partial charge in [0.25, 0.3) is 0 Å². The van der Waals surface area contributed by atoms with E-state index in [9.17, 15) is 0 Å². The molecule has 104 valence electrons. The highest BCUT2D eigenvalue weighted by Crippen LogP contribution is 2.19. The van der Waals surface area contributed by atoms with Gasteiger partial charge in [-0.05, 0) is 48.4 Å². The smallest absolute Gasteiger partial charge is 0.188 e. The average molecular weight is 335 g/mol. The number of aryl methyl sites for hydroxylation is 1. The molecule has 0 radical (unpaired) electrons. The lowest BCUT2D eigenvalue weighted by molar-refractivity contribution is 0.318. The zero-order chi connectivity index (χ0) is 14.5. The number of benzene rings is 1. The van der Waals surface area contributed by atoms with E-state index in [0.717, 1.165) is 15.7 Å². The first-order valence-electron chi connectivity index (χ1n) is 6.02. The second-order valence-corrected chi connectivity index (χ2v) is 5.32. The first-order chi connectivity index (χ1) is 9.58. The molecule has 0 unspecified atom stereocenters. The minimum atomic E-state index is 0.00477. The number of nitrogens with two attached hydrogens (primary N) is 1. The second-order valence-electron chi connectivity index (χ2n) is 4.41. The van der Waals surface area contributed by atoms with Crippen molar-refractivity contribution >= 4 is 27.5 Å². The number of aromatic nitrogens is 1. The van der Waals surface area contributed by atoms with Crippen molar-refractivity contribution in [2.75, 3.05) is 5.32 Å². The first-order valence-corrected chi connectivity index (χ1v) is 6.81. The lowest BCUT2D eigenvalue weighted by Gasteiger charge is -2.09. The average Bonchev–Trinajstić information content (AvgIpc) is 2.43. The van der Waals surface area contributed by atoms with E-state index >= 15 is 0 Å². The molecule has 0 saturated carbocycles. The van der Waals surface area contributed by atoms with Crippen LogP contribution < -0.4 is 11.1 Å². The van der Waals surface area contributed by atoms with Crippen LogP contribution in [0.25, 0.3) is 0 Å². The summed E-state index contributed by atoms with van der Waals surface area (Å²) in [5.41, 5.74) is 9.18. The van der Waals surface area contributed by atoms with Gasteiger partial charge in [0.15, 0.2) is 5.84 Å². The molecule has 0 aliphatic heterocycles. The summed E-state index contributed by atoms with van der Waals surface area (Å²) >= 11 is 3.47. The Morgan fingerprint density at radius 1 is 1.40 bits per heavy atom. The predicted octanol–water partition coefficient (Wildman–Crippen LogP) is 2.86. The fraction of sp³-hybridized carbons (Fsp3) is 0.143. The molecule has 2 rings (SSSR count). The van der Waals surface area contributed by atoms with Crippen molar-refractivity contribution in [3.63, 3.8) is 0 Å². The van der Waals surface area contributed by atoms with E-state index in [2.05, 4.69) is 37.5 Å². The summed E-state index contributed by atoms with van der Waals surface area (Å²) in [7, 11) is 0. The van der Waals surface area contributed by atoms with E-state index in [1.54, 1.807) is 12.3 Å². The van der Waals surface area contributed by atoms with Crippen molar-refractivity contribution in [3.05, 3.63) is 57.8 Å². The number of hydrogen-bond acceptors (Lipinski definition) is 4. The highest BCUT2D eigenvalue weighted by Gasteiger charge is 2.03. The molecule has 2 aromatic rings. The molecular weight excluding hydrogens is 320 g/mol. The molecule has 4 N–H and O–H groups in total. The van der Waals surface area contributed by atoms with Gasteiger partial charge in [-0.25, -0.2) is 0 Å². The Balaban J connectivity index is 2.11. The maximum Gasteiger partial charge on any atom is 0.188 e. The monoisotopic (exact) mass is 334 g/mol. The fourth-order valence-corrected chi connectivity index (χ4v) is 2.43. The molecule has 6 heteroatoms. The Morgan fingerprint density at radius 3 is 2.90 bits per heavy atom. The van der Waals surface area contributed by atoms with Crippen LogP contribution >= 0.6 is 15.9 Å². The summed E-state index contributed by atoms with van der Waals surface area (Å²) < 4.78 is 1.03. The molecule has 0 atom stereocenters. The van der Waals surface area contributed by atoms with Gasteiger partial charge in [0.05, 0.1) is 0 Å². The van der Waals surface area contributed by atoms with E-state index in [1.807, 2.05) is 25.1 Å². The number of amidine groups is 1. The molecule has 1 heterocycles. The van der Waals surface area contributed by atoms with Crippen LogP contribution in [0.4, 0.5) is 5.69 Å². The summed E-state index contributed by atoms with van der Waals surface area (Å²) in [5.74, 6) is 0.00477. The molecule has 1 aromatic carbocycles. The molecule has 1 aromatic heterocycles. The highest BCUT2D eigenvalue weighted by atomic mass is 79.9. The third-order valence-electron chi connectivity index (χ3n) is 2.73. The number of pyridine rings is 1. The van der Waals surface area contributed by atoms with Crippen LogP contribution in [0.2, 0.25) is 0 Å². The summed E-state index contributed by atoms with van der Waals surface area (Å²) in [6.07, 6.45) is 1.64. The molecular formula is C14H15BrN4O. The molecule has 0 bridgehead atoms. The van der Waals surface area contributed by atoms with Crippen LogP contribution in [-0.2, 0) is 6.54 Å². The van der Waals surface area contributed by atoms with Crippen LogP contribution in [0.3, 0.4) is 0 Å². The largest absolute Gasteiger partial charge is 0.409 e. The summed E-state index contributed by atoms with van der Waals surface area (Å²) in [5, 5.41) is 14.9. The quantitative estimate of drug-likeness (QED) is 0.347. The van der Waals surface area contributed by atoms with Crippen LogP contribution in [0, 0.1) is 6.92 Å². The zero-order valence-corrected chi connectivity index (χ0v) is 12.6. The Hall–Kier alpha value is -2.08. The molecule has 0 saturated heterocycles. The van der Waals surface area contributed by atoms with Gasteiger partial charge in [-0.15, -0.1) is 0 Å². The summed E-state index contributed by atoms with van der Waals surface area (Å²) in [6, 6.07) is 9.79. The van der Waals surface area contributed by atoms with Gasteiger partial charge in [0.2, 0.25) is 0 Å². The molecule has 0 fully saturated rings. The Bertz CT molecular complexity index is 623. The van der Waals surface area contributed by atoms with E-state index in [1.165, 1.54) is 5.56 Å². The maximum atomic E-state index is 8.65. The molecule has 0 spiro atoms. The number of rotatable bonds is 4. The number of nitrogens with zero attached hydrogens (tertiary/aromatic N) is 2. The van der Waals surface area contributed by atoms with E-state index in [4.69, 9.17) is 10.9 Å². The van der Waals surface area contributed by atoms with Crippen molar-refractivity contribution in [2.45, 2.75) is 13.5 Å². The Morgan fingerprint density at radius 2 is 2.20 bits per heavy atom. The molecule has 0 amide bonds. The SMILES string of the molecule is Cc1cc(Br)cc(NCc2ccnc(/C(N)=N/O)c2)c1. The van der Waals surface area contributed by atoms with E-state index in [0.29, 0.717) is 12.2 Å². The molecule has 0 aliphatic rings. The predicted molar refractivity (Wildman–Crippen MR) is 83.0 cm³/mol.